The Hall–Kier alpha value is -1.65. The second-order valence-corrected chi connectivity index (χ2v) is 6.30. The fourth-order valence-electron chi connectivity index (χ4n) is 3.61. The second-order valence-electron chi connectivity index (χ2n) is 6.30. The highest BCUT2D eigenvalue weighted by Gasteiger charge is 2.28. The quantitative estimate of drug-likeness (QED) is 0.926. The molecule has 5 heteroatoms. The van der Waals surface area contributed by atoms with Crippen LogP contribution in [0.3, 0.4) is 0 Å². The van der Waals surface area contributed by atoms with Crippen molar-refractivity contribution in [2.24, 2.45) is 5.92 Å². The van der Waals surface area contributed by atoms with E-state index in [1.807, 2.05) is 0 Å². The number of hydrogen-bond acceptors (Lipinski definition) is 3. The zero-order chi connectivity index (χ0) is 14.7. The third kappa shape index (κ3) is 3.34. The minimum Gasteiger partial charge on any atom is -0.353 e. The van der Waals surface area contributed by atoms with E-state index >= 15 is 0 Å². The number of aromatic nitrogens is 2. The SMILES string of the molecule is O=C(NC1CCC(n2ncccc2=O)CC1)C1CCCC1. The highest BCUT2D eigenvalue weighted by Crippen LogP contribution is 2.29. The lowest BCUT2D eigenvalue weighted by Gasteiger charge is -2.30. The maximum atomic E-state index is 12.1. The van der Waals surface area contributed by atoms with Gasteiger partial charge in [-0.25, -0.2) is 4.68 Å². The van der Waals surface area contributed by atoms with Gasteiger partial charge in [-0.15, -0.1) is 0 Å². The molecule has 1 aromatic heterocycles. The largest absolute Gasteiger partial charge is 0.353 e. The highest BCUT2D eigenvalue weighted by atomic mass is 16.2. The predicted octanol–water partition coefficient (Wildman–Crippen LogP) is 2.03. The lowest BCUT2D eigenvalue weighted by atomic mass is 9.90. The Morgan fingerprint density at radius 2 is 1.86 bits per heavy atom. The van der Waals surface area contributed by atoms with Crippen LogP contribution in [-0.4, -0.2) is 21.7 Å². The molecule has 0 atom stereocenters. The van der Waals surface area contributed by atoms with Gasteiger partial charge in [0.2, 0.25) is 5.91 Å². The zero-order valence-electron chi connectivity index (χ0n) is 12.3. The molecule has 1 amide bonds. The van der Waals surface area contributed by atoms with Gasteiger partial charge in [0, 0.05) is 24.2 Å². The second kappa shape index (κ2) is 6.41. The first-order valence-corrected chi connectivity index (χ1v) is 8.08. The third-order valence-corrected chi connectivity index (χ3v) is 4.86. The van der Waals surface area contributed by atoms with E-state index < -0.39 is 0 Å². The first-order valence-electron chi connectivity index (χ1n) is 8.08. The van der Waals surface area contributed by atoms with Gasteiger partial charge in [0.05, 0.1) is 6.04 Å². The van der Waals surface area contributed by atoms with Crippen molar-refractivity contribution < 1.29 is 4.79 Å². The van der Waals surface area contributed by atoms with Crippen molar-refractivity contribution in [3.05, 3.63) is 28.7 Å². The number of rotatable bonds is 3. The van der Waals surface area contributed by atoms with Gasteiger partial charge in [-0.3, -0.25) is 9.59 Å². The molecule has 2 aliphatic rings. The van der Waals surface area contributed by atoms with Gasteiger partial charge in [-0.1, -0.05) is 12.8 Å². The molecule has 0 spiro atoms. The van der Waals surface area contributed by atoms with E-state index in [9.17, 15) is 9.59 Å². The molecule has 0 radical (unpaired) electrons. The molecule has 2 aliphatic carbocycles. The smallest absolute Gasteiger partial charge is 0.266 e. The van der Waals surface area contributed by atoms with Crippen LogP contribution in [-0.2, 0) is 4.79 Å². The summed E-state index contributed by atoms with van der Waals surface area (Å²) < 4.78 is 1.59. The average Bonchev–Trinajstić information content (AvgIpc) is 3.03. The van der Waals surface area contributed by atoms with Crippen LogP contribution in [0.25, 0.3) is 0 Å². The average molecular weight is 289 g/mol. The summed E-state index contributed by atoms with van der Waals surface area (Å²) in [6.45, 7) is 0. The Morgan fingerprint density at radius 1 is 1.14 bits per heavy atom. The van der Waals surface area contributed by atoms with E-state index in [0.29, 0.717) is 0 Å². The lowest BCUT2D eigenvalue weighted by Crippen LogP contribution is -2.41. The van der Waals surface area contributed by atoms with Crippen LogP contribution in [0.1, 0.15) is 57.4 Å². The third-order valence-electron chi connectivity index (χ3n) is 4.86. The zero-order valence-corrected chi connectivity index (χ0v) is 12.3. The van der Waals surface area contributed by atoms with Gasteiger partial charge < -0.3 is 5.32 Å². The van der Waals surface area contributed by atoms with Crippen LogP contribution in [0.15, 0.2) is 23.1 Å². The van der Waals surface area contributed by atoms with E-state index in [-0.39, 0.29) is 29.5 Å². The summed E-state index contributed by atoms with van der Waals surface area (Å²) in [4.78, 5) is 23.9. The number of hydrogen-bond donors (Lipinski definition) is 1. The molecule has 2 saturated carbocycles. The Labute approximate surface area is 124 Å². The maximum Gasteiger partial charge on any atom is 0.266 e. The van der Waals surface area contributed by atoms with Crippen LogP contribution in [0.4, 0.5) is 0 Å². The minimum atomic E-state index is -0.0315. The molecule has 0 saturated heterocycles. The highest BCUT2D eigenvalue weighted by molar-refractivity contribution is 5.79. The van der Waals surface area contributed by atoms with Crippen LogP contribution < -0.4 is 10.9 Å². The number of carbonyl (C=O) groups is 1. The normalized spacial score (nSPS) is 26.7. The van der Waals surface area contributed by atoms with Crippen LogP contribution in [0.2, 0.25) is 0 Å². The number of nitrogens with one attached hydrogen (secondary N) is 1. The Kier molecular flexibility index (Phi) is 4.36. The van der Waals surface area contributed by atoms with E-state index in [2.05, 4.69) is 10.4 Å². The molecule has 1 aromatic rings. The summed E-state index contributed by atoms with van der Waals surface area (Å²) in [6, 6.07) is 3.68. The van der Waals surface area contributed by atoms with Crippen molar-refractivity contribution in [3.63, 3.8) is 0 Å². The predicted molar refractivity (Wildman–Crippen MR) is 79.9 cm³/mol. The fourth-order valence-corrected chi connectivity index (χ4v) is 3.61. The topological polar surface area (TPSA) is 64.0 Å². The Bertz CT molecular complexity index is 540. The summed E-state index contributed by atoms with van der Waals surface area (Å²) in [6.07, 6.45) is 9.82. The summed E-state index contributed by atoms with van der Waals surface area (Å²) >= 11 is 0. The van der Waals surface area contributed by atoms with Crippen LogP contribution in [0.5, 0.6) is 0 Å². The molecule has 3 rings (SSSR count). The standard InChI is InChI=1S/C16H23N3O2/c20-15-6-3-11-17-19(15)14-9-7-13(8-10-14)18-16(21)12-4-1-2-5-12/h3,6,11-14H,1-2,4-5,7-10H2,(H,18,21). The number of carbonyl (C=O) groups excluding carboxylic acids is 1. The molecule has 0 aliphatic heterocycles. The van der Waals surface area contributed by atoms with Crippen molar-refractivity contribution in [3.8, 4) is 0 Å². The van der Waals surface area contributed by atoms with Gasteiger partial charge >= 0.3 is 0 Å². The van der Waals surface area contributed by atoms with Crippen molar-refractivity contribution >= 4 is 5.91 Å². The summed E-state index contributed by atoms with van der Waals surface area (Å²) in [5.74, 6) is 0.479. The summed E-state index contributed by atoms with van der Waals surface area (Å²) in [7, 11) is 0. The molecule has 0 aromatic carbocycles. The van der Waals surface area contributed by atoms with Crippen molar-refractivity contribution in [2.75, 3.05) is 0 Å². The van der Waals surface area contributed by atoms with E-state index in [1.54, 1.807) is 23.0 Å². The van der Waals surface area contributed by atoms with E-state index in [4.69, 9.17) is 0 Å². The number of amides is 1. The molecule has 1 heterocycles. The van der Waals surface area contributed by atoms with Crippen molar-refractivity contribution in [2.45, 2.75) is 63.5 Å². The summed E-state index contributed by atoms with van der Waals surface area (Å²) in [5.41, 5.74) is -0.0315. The monoisotopic (exact) mass is 289 g/mol. The van der Waals surface area contributed by atoms with Gasteiger partial charge in [-0.2, -0.15) is 5.10 Å². The molecule has 21 heavy (non-hydrogen) atoms. The summed E-state index contributed by atoms with van der Waals surface area (Å²) in [5, 5.41) is 7.37. The first-order chi connectivity index (χ1) is 10.2. The van der Waals surface area contributed by atoms with Crippen LogP contribution >= 0.6 is 0 Å². The number of nitrogens with zero attached hydrogens (tertiary/aromatic N) is 2. The van der Waals surface area contributed by atoms with E-state index in [0.717, 1.165) is 38.5 Å². The molecular weight excluding hydrogens is 266 g/mol. The van der Waals surface area contributed by atoms with Crippen molar-refractivity contribution in [1.82, 2.24) is 15.1 Å². The van der Waals surface area contributed by atoms with Gasteiger partial charge in [0.1, 0.15) is 0 Å². The van der Waals surface area contributed by atoms with Gasteiger partial charge in [0.15, 0.2) is 0 Å². The molecular formula is C16H23N3O2. The minimum absolute atomic E-state index is 0.0315. The molecule has 0 bridgehead atoms. The maximum absolute atomic E-state index is 12.1. The van der Waals surface area contributed by atoms with E-state index in [1.165, 1.54) is 12.8 Å². The molecule has 1 N–H and O–H groups in total. The van der Waals surface area contributed by atoms with Crippen molar-refractivity contribution in [1.29, 1.82) is 0 Å². The first kappa shape index (κ1) is 14.3. The van der Waals surface area contributed by atoms with Gasteiger partial charge in [-0.05, 0) is 44.6 Å². The lowest BCUT2D eigenvalue weighted by molar-refractivity contribution is -0.125. The molecule has 5 nitrogen and oxygen atoms in total. The Morgan fingerprint density at radius 3 is 2.52 bits per heavy atom. The molecule has 2 fully saturated rings. The fraction of sp³-hybridized carbons (Fsp3) is 0.688. The Balaban J connectivity index is 1.52. The molecule has 0 unspecified atom stereocenters. The molecule has 114 valence electrons. The van der Waals surface area contributed by atoms with Crippen LogP contribution in [0, 0.1) is 5.92 Å². The van der Waals surface area contributed by atoms with Gasteiger partial charge in [0.25, 0.3) is 5.56 Å².